The van der Waals surface area contributed by atoms with Gasteiger partial charge in [-0.3, -0.25) is 4.79 Å². The Hall–Kier alpha value is -2.25. The number of hydrogen-bond donors (Lipinski definition) is 1. The molecule has 0 aliphatic carbocycles. The fourth-order valence-electron chi connectivity index (χ4n) is 2.58. The Morgan fingerprint density at radius 3 is 2.96 bits per heavy atom. The molecule has 0 saturated heterocycles. The lowest BCUT2D eigenvalue weighted by atomic mass is 10.3. The van der Waals surface area contributed by atoms with Crippen LogP contribution < -0.4 is 10.2 Å². The van der Waals surface area contributed by atoms with Crippen molar-refractivity contribution in [2.75, 3.05) is 11.4 Å². The van der Waals surface area contributed by atoms with E-state index in [0.717, 1.165) is 28.4 Å². The van der Waals surface area contributed by atoms with Crippen molar-refractivity contribution in [3.63, 3.8) is 0 Å². The Bertz CT molecular complexity index is 814. The first kappa shape index (κ1) is 14.3. The number of anilines is 2. The minimum absolute atomic E-state index is 0.0215. The molecular formula is C16H14N4OS2. The summed E-state index contributed by atoms with van der Waals surface area (Å²) in [5.74, 6) is 0.668. The second kappa shape index (κ2) is 6.10. The summed E-state index contributed by atoms with van der Waals surface area (Å²) in [4.78, 5) is 26.1. The van der Waals surface area contributed by atoms with Gasteiger partial charge in [-0.15, -0.1) is 22.7 Å². The Balaban J connectivity index is 1.51. The third-order valence-corrected chi connectivity index (χ3v) is 5.72. The summed E-state index contributed by atoms with van der Waals surface area (Å²) < 4.78 is 0. The minimum atomic E-state index is -0.0215. The lowest BCUT2D eigenvalue weighted by Crippen LogP contribution is -2.21. The van der Waals surface area contributed by atoms with E-state index in [-0.39, 0.29) is 5.91 Å². The SMILES string of the molecule is O=C(NCc1cccs1)c1cc2c(s1)CCN2c1ncccn1. The number of nitrogens with zero attached hydrogens (tertiary/aromatic N) is 3. The van der Waals surface area contributed by atoms with Crippen molar-refractivity contribution in [3.8, 4) is 0 Å². The highest BCUT2D eigenvalue weighted by atomic mass is 32.1. The summed E-state index contributed by atoms with van der Waals surface area (Å²) in [6, 6.07) is 7.77. The zero-order valence-electron chi connectivity index (χ0n) is 12.2. The van der Waals surface area contributed by atoms with Gasteiger partial charge in [0, 0.05) is 35.1 Å². The molecule has 4 heterocycles. The Morgan fingerprint density at radius 1 is 1.30 bits per heavy atom. The average Bonchev–Trinajstić information content (AvgIpc) is 3.30. The average molecular weight is 342 g/mol. The second-order valence-electron chi connectivity index (χ2n) is 5.13. The van der Waals surface area contributed by atoms with Crippen LogP contribution in [0.25, 0.3) is 0 Å². The molecule has 3 aromatic rings. The number of thiophene rings is 2. The molecule has 4 rings (SSSR count). The van der Waals surface area contributed by atoms with E-state index < -0.39 is 0 Å². The molecule has 1 amide bonds. The molecule has 0 radical (unpaired) electrons. The lowest BCUT2D eigenvalue weighted by Gasteiger charge is -2.15. The molecule has 0 fully saturated rings. The first-order chi connectivity index (χ1) is 11.3. The number of aromatic nitrogens is 2. The molecule has 5 nitrogen and oxygen atoms in total. The van der Waals surface area contributed by atoms with E-state index in [1.807, 2.05) is 23.6 Å². The van der Waals surface area contributed by atoms with E-state index >= 15 is 0 Å². The van der Waals surface area contributed by atoms with Crippen LogP contribution in [-0.4, -0.2) is 22.4 Å². The number of hydrogen-bond acceptors (Lipinski definition) is 6. The first-order valence-electron chi connectivity index (χ1n) is 7.29. The van der Waals surface area contributed by atoms with E-state index in [4.69, 9.17) is 0 Å². The highest BCUT2D eigenvalue weighted by molar-refractivity contribution is 7.14. The molecule has 0 atom stereocenters. The third kappa shape index (κ3) is 2.85. The summed E-state index contributed by atoms with van der Waals surface area (Å²) in [6.45, 7) is 1.44. The summed E-state index contributed by atoms with van der Waals surface area (Å²) >= 11 is 3.21. The quantitative estimate of drug-likeness (QED) is 0.791. The minimum Gasteiger partial charge on any atom is -0.346 e. The van der Waals surface area contributed by atoms with Crippen LogP contribution in [0.4, 0.5) is 11.6 Å². The van der Waals surface area contributed by atoms with Crippen LogP contribution in [0.15, 0.2) is 42.0 Å². The van der Waals surface area contributed by atoms with E-state index in [1.165, 1.54) is 4.88 Å². The maximum atomic E-state index is 12.3. The van der Waals surface area contributed by atoms with E-state index in [1.54, 1.807) is 41.1 Å². The van der Waals surface area contributed by atoms with Crippen LogP contribution in [0.3, 0.4) is 0 Å². The fourth-order valence-corrected chi connectivity index (χ4v) is 4.29. The maximum absolute atomic E-state index is 12.3. The number of nitrogens with one attached hydrogen (secondary N) is 1. The van der Waals surface area contributed by atoms with Crippen LogP contribution in [-0.2, 0) is 13.0 Å². The largest absolute Gasteiger partial charge is 0.346 e. The zero-order chi connectivity index (χ0) is 15.6. The van der Waals surface area contributed by atoms with Crippen molar-refractivity contribution in [3.05, 3.63) is 56.7 Å². The van der Waals surface area contributed by atoms with Crippen LogP contribution >= 0.6 is 22.7 Å². The molecule has 1 N–H and O–H groups in total. The molecule has 0 spiro atoms. The number of carbonyl (C=O) groups excluding carboxylic acids is 1. The molecule has 23 heavy (non-hydrogen) atoms. The molecule has 0 unspecified atom stereocenters. The highest BCUT2D eigenvalue weighted by Gasteiger charge is 2.26. The third-order valence-electron chi connectivity index (χ3n) is 3.66. The fraction of sp³-hybridized carbons (Fsp3) is 0.188. The van der Waals surface area contributed by atoms with E-state index in [0.29, 0.717) is 12.5 Å². The van der Waals surface area contributed by atoms with Crippen molar-refractivity contribution >= 4 is 40.2 Å². The van der Waals surface area contributed by atoms with Gasteiger partial charge < -0.3 is 10.2 Å². The van der Waals surface area contributed by atoms with Crippen molar-refractivity contribution in [2.45, 2.75) is 13.0 Å². The van der Waals surface area contributed by atoms with Crippen LogP contribution in [0.1, 0.15) is 19.4 Å². The van der Waals surface area contributed by atoms with Gasteiger partial charge in [0.05, 0.1) is 17.1 Å². The molecular weight excluding hydrogens is 328 g/mol. The molecule has 1 aliphatic rings. The van der Waals surface area contributed by atoms with Gasteiger partial charge in [0.2, 0.25) is 5.95 Å². The number of rotatable bonds is 4. The van der Waals surface area contributed by atoms with Crippen LogP contribution in [0, 0.1) is 0 Å². The molecule has 0 aromatic carbocycles. The Labute approximate surface area is 141 Å². The maximum Gasteiger partial charge on any atom is 0.261 e. The number of amides is 1. The van der Waals surface area contributed by atoms with Gasteiger partial charge in [-0.1, -0.05) is 6.07 Å². The van der Waals surface area contributed by atoms with Crippen LogP contribution in [0.5, 0.6) is 0 Å². The van der Waals surface area contributed by atoms with Gasteiger partial charge in [-0.25, -0.2) is 9.97 Å². The van der Waals surface area contributed by atoms with Gasteiger partial charge in [0.1, 0.15) is 0 Å². The van der Waals surface area contributed by atoms with E-state index in [2.05, 4.69) is 20.2 Å². The zero-order valence-corrected chi connectivity index (χ0v) is 13.9. The second-order valence-corrected chi connectivity index (χ2v) is 7.30. The Kier molecular flexibility index (Phi) is 3.80. The molecule has 7 heteroatoms. The van der Waals surface area contributed by atoms with Gasteiger partial charge in [0.15, 0.2) is 0 Å². The predicted octanol–water partition coefficient (Wildman–Crippen LogP) is 3.22. The van der Waals surface area contributed by atoms with Crippen molar-refractivity contribution in [2.24, 2.45) is 0 Å². The summed E-state index contributed by atoms with van der Waals surface area (Å²) in [5.41, 5.74) is 1.06. The molecule has 116 valence electrons. The topological polar surface area (TPSA) is 58.1 Å². The summed E-state index contributed by atoms with van der Waals surface area (Å²) in [7, 11) is 0. The standard InChI is InChI=1S/C16H14N4OS2/c21-15(19-10-11-3-1-8-22-11)14-9-12-13(23-14)4-7-20(12)16-17-5-2-6-18-16/h1-3,5-6,8-9H,4,7,10H2,(H,19,21). The summed E-state index contributed by atoms with van der Waals surface area (Å²) in [5, 5.41) is 4.99. The summed E-state index contributed by atoms with van der Waals surface area (Å²) in [6.07, 6.45) is 4.40. The van der Waals surface area contributed by atoms with Gasteiger partial charge in [0.25, 0.3) is 5.91 Å². The smallest absolute Gasteiger partial charge is 0.261 e. The number of carbonyl (C=O) groups is 1. The highest BCUT2D eigenvalue weighted by Crippen LogP contribution is 2.38. The molecule has 0 bridgehead atoms. The molecule has 0 saturated carbocycles. The lowest BCUT2D eigenvalue weighted by molar-refractivity contribution is 0.0955. The van der Waals surface area contributed by atoms with Crippen molar-refractivity contribution in [1.82, 2.24) is 15.3 Å². The number of fused-ring (bicyclic) bond motifs is 1. The normalized spacial score (nSPS) is 13.1. The predicted molar refractivity (Wildman–Crippen MR) is 92.6 cm³/mol. The van der Waals surface area contributed by atoms with Crippen LogP contribution in [0.2, 0.25) is 0 Å². The van der Waals surface area contributed by atoms with Gasteiger partial charge >= 0.3 is 0 Å². The molecule has 3 aromatic heterocycles. The Morgan fingerprint density at radius 2 is 2.17 bits per heavy atom. The van der Waals surface area contributed by atoms with Crippen molar-refractivity contribution in [1.29, 1.82) is 0 Å². The van der Waals surface area contributed by atoms with Gasteiger partial charge in [-0.05, 0) is 23.6 Å². The first-order valence-corrected chi connectivity index (χ1v) is 8.99. The monoisotopic (exact) mass is 342 g/mol. The van der Waals surface area contributed by atoms with E-state index in [9.17, 15) is 4.79 Å². The molecule has 1 aliphatic heterocycles. The van der Waals surface area contributed by atoms with Gasteiger partial charge in [-0.2, -0.15) is 0 Å². The van der Waals surface area contributed by atoms with Crippen molar-refractivity contribution < 1.29 is 4.79 Å².